The quantitative estimate of drug-likeness (QED) is 0.838. The van der Waals surface area contributed by atoms with E-state index in [2.05, 4.69) is 10.1 Å². The molecule has 0 saturated carbocycles. The molecule has 2 aromatic carbocycles. The lowest BCUT2D eigenvalue weighted by Gasteiger charge is -2.15. The van der Waals surface area contributed by atoms with Crippen LogP contribution >= 0.6 is 0 Å². The van der Waals surface area contributed by atoms with Crippen LogP contribution in [0.3, 0.4) is 0 Å². The number of hydrogen-bond donors (Lipinski definition) is 1. The lowest BCUT2D eigenvalue weighted by molar-refractivity contribution is -0.274. The van der Waals surface area contributed by atoms with Crippen LogP contribution in [0.2, 0.25) is 0 Å². The van der Waals surface area contributed by atoms with Gasteiger partial charge >= 0.3 is 6.36 Å². The molecule has 0 aliphatic carbocycles. The topological polar surface area (TPSA) is 38.3 Å². The number of benzene rings is 2. The molecule has 0 heterocycles. The van der Waals surface area contributed by atoms with E-state index in [-0.39, 0.29) is 11.3 Å². The van der Waals surface area contributed by atoms with Gasteiger partial charge in [0.2, 0.25) is 0 Å². The molecule has 0 aromatic heterocycles. The molecule has 2 aromatic rings. The van der Waals surface area contributed by atoms with Gasteiger partial charge in [-0.15, -0.1) is 13.2 Å². The van der Waals surface area contributed by atoms with Crippen LogP contribution in [0.4, 0.5) is 18.9 Å². The van der Waals surface area contributed by atoms with Crippen LogP contribution < -0.4 is 10.1 Å². The molecule has 0 amide bonds. The van der Waals surface area contributed by atoms with Gasteiger partial charge in [0.25, 0.3) is 0 Å². The van der Waals surface area contributed by atoms with E-state index in [1.807, 2.05) is 18.2 Å². The third-order valence-corrected chi connectivity index (χ3v) is 2.90. The number of carbonyl (C=O) groups is 1. The molecule has 0 radical (unpaired) electrons. The molecule has 2 rings (SSSR count). The number of para-hydroxylation sites is 1. The molecule has 116 valence electrons. The van der Waals surface area contributed by atoms with Gasteiger partial charge in [0.05, 0.1) is 6.04 Å². The van der Waals surface area contributed by atoms with E-state index in [4.69, 9.17) is 0 Å². The Bertz CT molecular complexity index is 641. The van der Waals surface area contributed by atoms with E-state index in [0.717, 1.165) is 17.8 Å². The number of ketones is 1. The zero-order valence-electron chi connectivity index (χ0n) is 11.7. The largest absolute Gasteiger partial charge is 0.573 e. The van der Waals surface area contributed by atoms with Crippen molar-refractivity contribution in [3.05, 3.63) is 60.2 Å². The average Bonchev–Trinajstić information content (AvgIpc) is 2.46. The van der Waals surface area contributed by atoms with E-state index < -0.39 is 18.2 Å². The van der Waals surface area contributed by atoms with Crippen LogP contribution in [-0.4, -0.2) is 18.2 Å². The molecule has 1 unspecified atom stereocenters. The Morgan fingerprint density at radius 1 is 1.09 bits per heavy atom. The number of nitrogens with one attached hydrogen (secondary N) is 1. The Morgan fingerprint density at radius 2 is 1.77 bits per heavy atom. The lowest BCUT2D eigenvalue weighted by atomic mass is 10.0. The van der Waals surface area contributed by atoms with Gasteiger partial charge in [0.15, 0.2) is 5.78 Å². The first-order valence-electron chi connectivity index (χ1n) is 6.57. The van der Waals surface area contributed by atoms with Crippen molar-refractivity contribution in [3.8, 4) is 5.75 Å². The van der Waals surface area contributed by atoms with Crippen molar-refractivity contribution in [1.29, 1.82) is 0 Å². The Hall–Kier alpha value is -2.50. The second-order valence-electron chi connectivity index (χ2n) is 4.67. The highest BCUT2D eigenvalue weighted by atomic mass is 19.4. The molecule has 0 saturated heterocycles. The minimum absolute atomic E-state index is 0.151. The monoisotopic (exact) mass is 309 g/mol. The second-order valence-corrected chi connectivity index (χ2v) is 4.67. The molecule has 6 heteroatoms. The van der Waals surface area contributed by atoms with Gasteiger partial charge in [-0.1, -0.05) is 30.3 Å². The number of hydrogen-bond acceptors (Lipinski definition) is 3. The van der Waals surface area contributed by atoms with Crippen molar-refractivity contribution in [3.63, 3.8) is 0 Å². The van der Waals surface area contributed by atoms with Crippen LogP contribution in [0.5, 0.6) is 5.75 Å². The highest BCUT2D eigenvalue weighted by Crippen LogP contribution is 2.24. The first-order chi connectivity index (χ1) is 10.3. The number of halogens is 3. The van der Waals surface area contributed by atoms with Gasteiger partial charge in [-0.2, -0.15) is 0 Å². The number of carbonyl (C=O) groups excluding carboxylic acids is 1. The molecular weight excluding hydrogens is 295 g/mol. The Kier molecular flexibility index (Phi) is 4.70. The summed E-state index contributed by atoms with van der Waals surface area (Å²) in [5.74, 6) is -0.735. The Morgan fingerprint density at radius 3 is 2.41 bits per heavy atom. The van der Waals surface area contributed by atoms with Crippen molar-refractivity contribution in [1.82, 2.24) is 0 Å². The molecule has 1 N–H and O–H groups in total. The average molecular weight is 309 g/mol. The van der Waals surface area contributed by atoms with Crippen molar-refractivity contribution < 1.29 is 22.7 Å². The third-order valence-electron chi connectivity index (χ3n) is 2.90. The summed E-state index contributed by atoms with van der Waals surface area (Å²) in [5, 5.41) is 3.00. The zero-order valence-corrected chi connectivity index (χ0v) is 11.7. The Balaban J connectivity index is 2.10. The summed E-state index contributed by atoms with van der Waals surface area (Å²) in [6.45, 7) is 1.65. The van der Waals surface area contributed by atoms with Crippen molar-refractivity contribution >= 4 is 11.5 Å². The standard InChI is InChI=1S/C16H14F3NO2/c1-11(20-13-7-3-2-4-8-13)15(21)12-6-5-9-14(10-12)22-16(17,18)19/h2-11,20H,1H3. The maximum absolute atomic E-state index is 12.3. The molecule has 0 fully saturated rings. The van der Waals surface area contributed by atoms with Crippen molar-refractivity contribution in [2.24, 2.45) is 0 Å². The Labute approximate surface area is 125 Å². The third kappa shape index (κ3) is 4.51. The van der Waals surface area contributed by atoms with Crippen molar-refractivity contribution in [2.45, 2.75) is 19.3 Å². The molecular formula is C16H14F3NO2. The molecule has 3 nitrogen and oxygen atoms in total. The molecule has 22 heavy (non-hydrogen) atoms. The van der Waals surface area contributed by atoms with Crippen molar-refractivity contribution in [2.75, 3.05) is 5.32 Å². The number of ether oxygens (including phenoxy) is 1. The summed E-state index contributed by atoms with van der Waals surface area (Å²) in [5.41, 5.74) is 0.906. The van der Waals surface area contributed by atoms with Crippen LogP contribution in [0, 0.1) is 0 Å². The maximum Gasteiger partial charge on any atom is 0.573 e. The zero-order chi connectivity index (χ0) is 16.2. The summed E-state index contributed by atoms with van der Waals surface area (Å²) >= 11 is 0. The number of Topliss-reactive ketones (excluding diaryl/α,β-unsaturated/α-hetero) is 1. The fraction of sp³-hybridized carbons (Fsp3) is 0.188. The SMILES string of the molecule is CC(Nc1ccccc1)C(=O)c1cccc(OC(F)(F)F)c1. The van der Waals surface area contributed by atoms with E-state index in [1.165, 1.54) is 12.1 Å². The van der Waals surface area contributed by atoms with Gasteiger partial charge < -0.3 is 10.1 Å². The van der Waals surface area contributed by atoms with E-state index >= 15 is 0 Å². The first-order valence-corrected chi connectivity index (χ1v) is 6.57. The fourth-order valence-electron chi connectivity index (χ4n) is 1.95. The highest BCUT2D eigenvalue weighted by molar-refractivity contribution is 6.01. The normalized spacial score (nSPS) is 12.5. The smallest absolute Gasteiger partial charge is 0.406 e. The fourth-order valence-corrected chi connectivity index (χ4v) is 1.95. The second kappa shape index (κ2) is 6.51. The van der Waals surface area contributed by atoms with Gasteiger partial charge in [0, 0.05) is 11.3 Å². The van der Waals surface area contributed by atoms with Gasteiger partial charge in [0.1, 0.15) is 5.75 Å². The van der Waals surface area contributed by atoms with Crippen LogP contribution in [-0.2, 0) is 0 Å². The molecule has 1 atom stereocenters. The number of rotatable bonds is 5. The first kappa shape index (κ1) is 15.9. The summed E-state index contributed by atoms with van der Waals surface area (Å²) in [7, 11) is 0. The molecule has 0 spiro atoms. The van der Waals surface area contributed by atoms with Gasteiger partial charge in [-0.3, -0.25) is 4.79 Å². The summed E-state index contributed by atoms with van der Waals surface area (Å²) in [4.78, 5) is 12.3. The molecule has 0 aliphatic rings. The summed E-state index contributed by atoms with van der Waals surface area (Å²) < 4.78 is 40.4. The lowest BCUT2D eigenvalue weighted by Crippen LogP contribution is -2.26. The predicted octanol–water partition coefficient (Wildman–Crippen LogP) is 4.27. The highest BCUT2D eigenvalue weighted by Gasteiger charge is 2.31. The van der Waals surface area contributed by atoms with E-state index in [1.54, 1.807) is 19.1 Å². The van der Waals surface area contributed by atoms with Crippen LogP contribution in [0.25, 0.3) is 0 Å². The van der Waals surface area contributed by atoms with Crippen LogP contribution in [0.1, 0.15) is 17.3 Å². The van der Waals surface area contributed by atoms with Gasteiger partial charge in [-0.05, 0) is 31.2 Å². The number of alkyl halides is 3. The maximum atomic E-state index is 12.3. The predicted molar refractivity (Wildman–Crippen MR) is 77.0 cm³/mol. The van der Waals surface area contributed by atoms with Crippen LogP contribution in [0.15, 0.2) is 54.6 Å². The van der Waals surface area contributed by atoms with Gasteiger partial charge in [-0.25, -0.2) is 0 Å². The summed E-state index contributed by atoms with van der Waals surface area (Å²) in [6.07, 6.45) is -4.78. The number of anilines is 1. The van der Waals surface area contributed by atoms with E-state index in [0.29, 0.717) is 0 Å². The van der Waals surface area contributed by atoms with E-state index in [9.17, 15) is 18.0 Å². The minimum Gasteiger partial charge on any atom is -0.406 e. The molecule has 0 aliphatic heterocycles. The summed E-state index contributed by atoms with van der Waals surface area (Å²) in [6, 6.07) is 13.5. The molecule has 0 bridgehead atoms. The minimum atomic E-state index is -4.78.